The van der Waals surface area contributed by atoms with Gasteiger partial charge in [0.15, 0.2) is 5.65 Å². The number of methoxy groups -OCH3 is 1. The molecule has 1 fully saturated rings. The van der Waals surface area contributed by atoms with Crippen LogP contribution in [0.15, 0.2) is 61.4 Å². The summed E-state index contributed by atoms with van der Waals surface area (Å²) in [7, 11) is 1.42. The van der Waals surface area contributed by atoms with E-state index in [1.807, 2.05) is 31.2 Å². The number of rotatable bonds is 9. The summed E-state index contributed by atoms with van der Waals surface area (Å²) < 4.78 is 21.9. The van der Waals surface area contributed by atoms with Gasteiger partial charge >= 0.3 is 6.03 Å². The minimum atomic E-state index is -0.526. The van der Waals surface area contributed by atoms with E-state index in [4.69, 9.17) is 15.6 Å². The number of nitrogens with one attached hydrogen (secondary N) is 1. The van der Waals surface area contributed by atoms with Crippen molar-refractivity contribution in [2.45, 2.75) is 38.4 Å². The van der Waals surface area contributed by atoms with E-state index >= 15 is 0 Å². The Balaban J connectivity index is 1.23. The molecular weight excluding hydrogens is 555 g/mol. The highest BCUT2D eigenvalue weighted by atomic mass is 19.1. The molecular formula is C29H29FN10O3. The second kappa shape index (κ2) is 11.5. The van der Waals surface area contributed by atoms with Crippen LogP contribution in [0.4, 0.5) is 15.0 Å². The van der Waals surface area contributed by atoms with Crippen molar-refractivity contribution >= 4 is 28.8 Å². The van der Waals surface area contributed by atoms with E-state index in [0.29, 0.717) is 23.3 Å². The number of hydrogen-bond acceptors (Lipinski definition) is 9. The standard InChI is InChI=1S/C29H29FN10O3/c1-17(13-38(21-8-9-21)29(42)39-16-32-14-36-39)40-27-24(26(31)34-15-35-27)25(37-40)19-5-3-18(4-6-19)12-33-28(41)22-11-20(30)7-10-23(22)43-2/h3-7,10-11,14-17,21H,8-9,12-13H2,1-2H3,(H,33,41)(H2,31,34,35). The van der Waals surface area contributed by atoms with E-state index in [1.54, 1.807) is 9.58 Å². The van der Waals surface area contributed by atoms with Gasteiger partial charge in [-0.25, -0.2) is 28.8 Å². The van der Waals surface area contributed by atoms with Crippen LogP contribution in [0.3, 0.4) is 0 Å². The predicted molar refractivity (Wildman–Crippen MR) is 155 cm³/mol. The number of nitrogens with zero attached hydrogens (tertiary/aromatic N) is 8. The highest BCUT2D eigenvalue weighted by Crippen LogP contribution is 2.33. The fraction of sp³-hybridized carbons (Fsp3) is 0.276. The Morgan fingerprint density at radius 1 is 1.16 bits per heavy atom. The average molecular weight is 585 g/mol. The van der Waals surface area contributed by atoms with E-state index in [2.05, 4.69) is 25.4 Å². The number of benzene rings is 2. The summed E-state index contributed by atoms with van der Waals surface area (Å²) in [6, 6.07) is 10.9. The van der Waals surface area contributed by atoms with E-state index in [0.717, 1.165) is 30.0 Å². The average Bonchev–Trinajstić information content (AvgIpc) is 3.54. The smallest absolute Gasteiger partial charge is 0.346 e. The predicted octanol–water partition coefficient (Wildman–Crippen LogP) is 3.44. The first-order chi connectivity index (χ1) is 20.8. The monoisotopic (exact) mass is 584 g/mol. The number of anilines is 1. The molecule has 0 spiro atoms. The summed E-state index contributed by atoms with van der Waals surface area (Å²) >= 11 is 0. The van der Waals surface area contributed by atoms with Crippen molar-refractivity contribution in [3.63, 3.8) is 0 Å². The van der Waals surface area contributed by atoms with Crippen molar-refractivity contribution in [2.24, 2.45) is 0 Å². The quantitative estimate of drug-likeness (QED) is 0.265. The lowest BCUT2D eigenvalue weighted by Crippen LogP contribution is -2.40. The van der Waals surface area contributed by atoms with Gasteiger partial charge in [-0.2, -0.15) is 14.9 Å². The first kappa shape index (κ1) is 27.8. The molecule has 1 saturated carbocycles. The molecule has 0 bridgehead atoms. The summed E-state index contributed by atoms with van der Waals surface area (Å²) in [6.07, 6.45) is 5.97. The number of nitrogens with two attached hydrogens (primary N) is 1. The van der Waals surface area contributed by atoms with Crippen molar-refractivity contribution in [2.75, 3.05) is 19.4 Å². The Morgan fingerprint density at radius 3 is 2.65 bits per heavy atom. The Hall–Kier alpha value is -5.40. The zero-order valence-corrected chi connectivity index (χ0v) is 23.5. The molecule has 0 aliphatic heterocycles. The molecule has 6 rings (SSSR count). The fourth-order valence-electron chi connectivity index (χ4n) is 4.99. The van der Waals surface area contributed by atoms with Crippen molar-refractivity contribution < 1.29 is 18.7 Å². The topological polar surface area (TPSA) is 159 Å². The van der Waals surface area contributed by atoms with Gasteiger partial charge in [-0.05, 0) is 43.5 Å². The summed E-state index contributed by atoms with van der Waals surface area (Å²) in [5, 5.41) is 12.3. The zero-order chi connectivity index (χ0) is 30.1. The minimum absolute atomic E-state index is 0.115. The van der Waals surface area contributed by atoms with E-state index < -0.39 is 11.7 Å². The number of ether oxygens (including phenoxy) is 1. The molecule has 0 saturated heterocycles. The summed E-state index contributed by atoms with van der Waals surface area (Å²) in [5.74, 6) is -0.404. The minimum Gasteiger partial charge on any atom is -0.496 e. The van der Waals surface area contributed by atoms with Gasteiger partial charge in [0.2, 0.25) is 0 Å². The summed E-state index contributed by atoms with van der Waals surface area (Å²) in [6.45, 7) is 2.57. The molecule has 3 N–H and O–H groups in total. The van der Waals surface area contributed by atoms with Crippen molar-refractivity contribution in [1.82, 2.24) is 44.7 Å². The highest BCUT2D eigenvalue weighted by Gasteiger charge is 2.35. The van der Waals surface area contributed by atoms with Gasteiger partial charge < -0.3 is 20.7 Å². The van der Waals surface area contributed by atoms with Gasteiger partial charge in [-0.3, -0.25) is 4.79 Å². The number of aromatic nitrogens is 7. The molecule has 14 heteroatoms. The SMILES string of the molecule is COc1ccc(F)cc1C(=O)NCc1ccc(-c2nn(C(C)CN(C(=O)n3cncn3)C3CC3)c3ncnc(N)c23)cc1. The molecule has 5 aromatic rings. The van der Waals surface area contributed by atoms with Gasteiger partial charge in [0.25, 0.3) is 5.91 Å². The van der Waals surface area contributed by atoms with Crippen LogP contribution in [0, 0.1) is 5.82 Å². The van der Waals surface area contributed by atoms with Crippen LogP contribution in [0.1, 0.15) is 41.7 Å². The maximum Gasteiger partial charge on any atom is 0.346 e. The van der Waals surface area contributed by atoms with Crippen LogP contribution in [0.2, 0.25) is 0 Å². The third kappa shape index (κ3) is 5.58. The molecule has 0 radical (unpaired) electrons. The lowest BCUT2D eigenvalue weighted by molar-refractivity contribution is 0.0947. The fourth-order valence-corrected chi connectivity index (χ4v) is 4.99. The van der Waals surface area contributed by atoms with Crippen LogP contribution in [0.25, 0.3) is 22.3 Å². The second-order valence-electron chi connectivity index (χ2n) is 10.3. The van der Waals surface area contributed by atoms with Crippen molar-refractivity contribution in [3.05, 3.63) is 78.4 Å². The van der Waals surface area contributed by atoms with Gasteiger partial charge in [-0.15, -0.1) is 0 Å². The molecule has 1 unspecified atom stereocenters. The molecule has 13 nitrogen and oxygen atoms in total. The molecule has 3 aromatic heterocycles. The molecule has 1 aliphatic rings. The second-order valence-corrected chi connectivity index (χ2v) is 10.3. The summed E-state index contributed by atoms with van der Waals surface area (Å²) in [4.78, 5) is 40.2. The molecule has 1 aliphatic carbocycles. The number of carbonyl (C=O) groups is 2. The number of hydrogen-bond donors (Lipinski definition) is 2. The Kier molecular flexibility index (Phi) is 7.40. The highest BCUT2D eigenvalue weighted by molar-refractivity contribution is 5.98. The number of halogens is 1. The molecule has 43 heavy (non-hydrogen) atoms. The van der Waals surface area contributed by atoms with Crippen molar-refractivity contribution in [3.8, 4) is 17.0 Å². The lowest BCUT2D eigenvalue weighted by atomic mass is 10.1. The van der Waals surface area contributed by atoms with E-state index in [-0.39, 0.29) is 41.8 Å². The normalized spacial score (nSPS) is 13.6. The van der Waals surface area contributed by atoms with Gasteiger partial charge in [0, 0.05) is 24.7 Å². The summed E-state index contributed by atoms with van der Waals surface area (Å²) in [5.41, 5.74) is 9.17. The van der Waals surface area contributed by atoms with Crippen LogP contribution in [-0.2, 0) is 6.54 Å². The Morgan fingerprint density at radius 2 is 1.95 bits per heavy atom. The third-order valence-electron chi connectivity index (χ3n) is 7.33. The Labute approximate surface area is 245 Å². The first-order valence-corrected chi connectivity index (χ1v) is 13.7. The maximum absolute atomic E-state index is 13.7. The molecule has 2 aromatic carbocycles. The number of carbonyl (C=O) groups excluding carboxylic acids is 2. The molecule has 2 amide bonds. The Bertz CT molecular complexity index is 1780. The van der Waals surface area contributed by atoms with Gasteiger partial charge in [-0.1, -0.05) is 24.3 Å². The first-order valence-electron chi connectivity index (χ1n) is 13.7. The zero-order valence-electron chi connectivity index (χ0n) is 23.5. The van der Waals surface area contributed by atoms with Gasteiger partial charge in [0.05, 0.1) is 24.1 Å². The largest absolute Gasteiger partial charge is 0.496 e. The van der Waals surface area contributed by atoms with Crippen molar-refractivity contribution in [1.29, 1.82) is 0 Å². The van der Waals surface area contributed by atoms with Crippen LogP contribution in [-0.4, -0.2) is 71.0 Å². The van der Waals surface area contributed by atoms with Gasteiger partial charge in [0.1, 0.15) is 42.1 Å². The number of nitrogen functional groups attached to an aromatic ring is 1. The van der Waals surface area contributed by atoms with Crippen LogP contribution >= 0.6 is 0 Å². The molecule has 3 heterocycles. The van der Waals surface area contributed by atoms with Crippen LogP contribution < -0.4 is 15.8 Å². The molecule has 1 atom stereocenters. The third-order valence-corrected chi connectivity index (χ3v) is 7.33. The molecule has 220 valence electrons. The number of fused-ring (bicyclic) bond motifs is 1. The van der Waals surface area contributed by atoms with E-state index in [1.165, 1.54) is 42.9 Å². The maximum atomic E-state index is 13.7. The lowest BCUT2D eigenvalue weighted by Gasteiger charge is -2.25. The van der Waals surface area contributed by atoms with Crippen LogP contribution in [0.5, 0.6) is 5.75 Å². The van der Waals surface area contributed by atoms with E-state index in [9.17, 15) is 14.0 Å². The number of amides is 2.